The summed E-state index contributed by atoms with van der Waals surface area (Å²) in [5, 5.41) is 2.73. The van der Waals surface area contributed by atoms with E-state index in [1.165, 1.54) is 0 Å². The molecule has 1 aromatic carbocycles. The van der Waals surface area contributed by atoms with E-state index in [2.05, 4.69) is 11.2 Å². The maximum absolute atomic E-state index is 11.4. The molecule has 0 bridgehead atoms. The number of hydrogen-bond donors (Lipinski definition) is 1. The molecule has 0 radical (unpaired) electrons. The molecule has 14 heavy (non-hydrogen) atoms. The van der Waals surface area contributed by atoms with Gasteiger partial charge in [0.1, 0.15) is 0 Å². The van der Waals surface area contributed by atoms with Gasteiger partial charge in [-0.05, 0) is 19.1 Å². The molecule has 1 aromatic rings. The highest BCUT2D eigenvalue weighted by molar-refractivity contribution is 14.1. The maximum Gasteiger partial charge on any atom is 0.249 e. The quantitative estimate of drug-likeness (QED) is 0.507. The predicted octanol–water partition coefficient (Wildman–Crippen LogP) is 2.37. The number of anilines is 1. The highest BCUT2D eigenvalue weighted by Crippen LogP contribution is 2.10. The SMILES string of the molecule is C#CC(I)C(=O)Nc1ccc(C)cc1. The van der Waals surface area contributed by atoms with Crippen molar-refractivity contribution in [1.82, 2.24) is 0 Å². The lowest BCUT2D eigenvalue weighted by molar-refractivity contribution is -0.114. The van der Waals surface area contributed by atoms with E-state index in [0.717, 1.165) is 11.3 Å². The minimum atomic E-state index is -0.422. The summed E-state index contributed by atoms with van der Waals surface area (Å²) in [5.41, 5.74) is 1.93. The number of terminal acetylenes is 1. The second-order valence-corrected chi connectivity index (χ2v) is 4.13. The molecular weight excluding hydrogens is 289 g/mol. The van der Waals surface area contributed by atoms with Crippen molar-refractivity contribution < 1.29 is 4.79 Å². The Balaban J connectivity index is 2.66. The maximum atomic E-state index is 11.4. The monoisotopic (exact) mass is 299 g/mol. The van der Waals surface area contributed by atoms with Gasteiger partial charge in [-0.15, -0.1) is 6.42 Å². The van der Waals surface area contributed by atoms with Crippen LogP contribution in [0.2, 0.25) is 0 Å². The average molecular weight is 299 g/mol. The Morgan fingerprint density at radius 3 is 2.57 bits per heavy atom. The van der Waals surface area contributed by atoms with Crippen LogP contribution in [0.25, 0.3) is 0 Å². The number of carbonyl (C=O) groups is 1. The van der Waals surface area contributed by atoms with Crippen LogP contribution in [0.4, 0.5) is 5.69 Å². The van der Waals surface area contributed by atoms with Crippen LogP contribution in [0.3, 0.4) is 0 Å². The predicted molar refractivity (Wildman–Crippen MR) is 66.4 cm³/mol. The van der Waals surface area contributed by atoms with Gasteiger partial charge >= 0.3 is 0 Å². The summed E-state index contributed by atoms with van der Waals surface area (Å²) >= 11 is 1.92. The first-order chi connectivity index (χ1) is 6.63. The Hall–Kier alpha value is -1.02. The molecule has 3 heteroatoms. The van der Waals surface area contributed by atoms with Gasteiger partial charge in [0.05, 0.1) is 0 Å². The van der Waals surface area contributed by atoms with Crippen LogP contribution in [0.15, 0.2) is 24.3 Å². The summed E-state index contributed by atoms with van der Waals surface area (Å²) < 4.78 is -0.422. The minimum Gasteiger partial charge on any atom is -0.324 e. The molecule has 1 N–H and O–H groups in total. The van der Waals surface area contributed by atoms with Gasteiger partial charge in [-0.3, -0.25) is 4.79 Å². The Kier molecular flexibility index (Phi) is 3.96. The molecule has 0 heterocycles. The molecule has 0 saturated carbocycles. The van der Waals surface area contributed by atoms with E-state index in [1.807, 2.05) is 53.8 Å². The molecule has 0 fully saturated rings. The third-order valence-electron chi connectivity index (χ3n) is 1.70. The van der Waals surface area contributed by atoms with Crippen molar-refractivity contribution in [1.29, 1.82) is 0 Å². The molecule has 72 valence electrons. The third-order valence-corrected chi connectivity index (χ3v) is 2.62. The second kappa shape index (κ2) is 5.01. The fraction of sp³-hybridized carbons (Fsp3) is 0.182. The summed E-state index contributed by atoms with van der Waals surface area (Å²) in [6.45, 7) is 1.99. The topological polar surface area (TPSA) is 29.1 Å². The zero-order valence-corrected chi connectivity index (χ0v) is 9.91. The third kappa shape index (κ3) is 3.04. The van der Waals surface area contributed by atoms with Gasteiger partial charge in [-0.25, -0.2) is 0 Å². The van der Waals surface area contributed by atoms with Crippen LogP contribution in [0.5, 0.6) is 0 Å². The lowest BCUT2D eigenvalue weighted by Crippen LogP contribution is -2.20. The van der Waals surface area contributed by atoms with Crippen LogP contribution in [0, 0.1) is 19.3 Å². The number of alkyl halides is 1. The molecule has 2 nitrogen and oxygen atoms in total. The lowest BCUT2D eigenvalue weighted by Gasteiger charge is -2.05. The van der Waals surface area contributed by atoms with Crippen molar-refractivity contribution in [3.05, 3.63) is 29.8 Å². The normalized spacial score (nSPS) is 11.5. The van der Waals surface area contributed by atoms with Gasteiger partial charge < -0.3 is 5.32 Å². The number of amides is 1. The molecule has 0 spiro atoms. The zero-order chi connectivity index (χ0) is 10.6. The van der Waals surface area contributed by atoms with Gasteiger partial charge in [0, 0.05) is 5.69 Å². The van der Waals surface area contributed by atoms with Crippen molar-refractivity contribution in [2.24, 2.45) is 0 Å². The van der Waals surface area contributed by atoms with Crippen LogP contribution in [0.1, 0.15) is 5.56 Å². The van der Waals surface area contributed by atoms with E-state index >= 15 is 0 Å². The highest BCUT2D eigenvalue weighted by atomic mass is 127. The first-order valence-corrected chi connectivity index (χ1v) is 5.36. The van der Waals surface area contributed by atoms with Crippen LogP contribution < -0.4 is 5.32 Å². The van der Waals surface area contributed by atoms with Gasteiger partial charge in [0.25, 0.3) is 0 Å². The Morgan fingerprint density at radius 2 is 2.07 bits per heavy atom. The van der Waals surface area contributed by atoms with Crippen LogP contribution in [-0.2, 0) is 4.79 Å². The fourth-order valence-electron chi connectivity index (χ4n) is 0.918. The first-order valence-electron chi connectivity index (χ1n) is 4.11. The molecule has 0 aromatic heterocycles. The number of hydrogen-bond acceptors (Lipinski definition) is 1. The number of benzene rings is 1. The molecular formula is C11H10INO. The van der Waals surface area contributed by atoms with Crippen molar-refractivity contribution in [2.45, 2.75) is 10.8 Å². The molecule has 1 amide bonds. The first kappa shape index (κ1) is 11.1. The van der Waals surface area contributed by atoms with Crippen molar-refractivity contribution in [2.75, 3.05) is 5.32 Å². The number of rotatable bonds is 2. The van der Waals surface area contributed by atoms with E-state index in [-0.39, 0.29) is 5.91 Å². The second-order valence-electron chi connectivity index (χ2n) is 2.88. The summed E-state index contributed by atoms with van der Waals surface area (Å²) in [6, 6.07) is 7.58. The molecule has 0 saturated heterocycles. The van der Waals surface area contributed by atoms with Crippen molar-refractivity contribution in [3.63, 3.8) is 0 Å². The van der Waals surface area contributed by atoms with Gasteiger partial charge in [-0.2, -0.15) is 0 Å². The number of nitrogens with one attached hydrogen (secondary N) is 1. The van der Waals surface area contributed by atoms with E-state index < -0.39 is 3.92 Å². The number of halogens is 1. The summed E-state index contributed by atoms with van der Waals surface area (Å²) in [4.78, 5) is 11.4. The van der Waals surface area contributed by atoms with Crippen LogP contribution >= 0.6 is 22.6 Å². The molecule has 1 unspecified atom stereocenters. The Bertz CT molecular complexity index is 364. The molecule has 0 aliphatic carbocycles. The average Bonchev–Trinajstić information content (AvgIpc) is 2.20. The largest absolute Gasteiger partial charge is 0.324 e. The standard InChI is InChI=1S/C11H10INO/c1-3-10(12)11(14)13-9-6-4-8(2)5-7-9/h1,4-7,10H,2H3,(H,13,14). The van der Waals surface area contributed by atoms with Gasteiger partial charge in [0.15, 0.2) is 3.92 Å². The number of carbonyl (C=O) groups excluding carboxylic acids is 1. The van der Waals surface area contributed by atoms with Gasteiger partial charge in [0.2, 0.25) is 5.91 Å². The van der Waals surface area contributed by atoms with Crippen molar-refractivity contribution >= 4 is 34.2 Å². The fourth-order valence-corrected chi connectivity index (χ4v) is 1.07. The van der Waals surface area contributed by atoms with Crippen molar-refractivity contribution in [3.8, 4) is 12.3 Å². The van der Waals surface area contributed by atoms with Gasteiger partial charge in [-0.1, -0.05) is 46.2 Å². The summed E-state index contributed by atoms with van der Waals surface area (Å²) in [5.74, 6) is 2.22. The van der Waals surface area contributed by atoms with E-state index in [9.17, 15) is 4.79 Å². The highest BCUT2D eigenvalue weighted by Gasteiger charge is 2.10. The number of aryl methyl sites for hydroxylation is 1. The van der Waals surface area contributed by atoms with E-state index in [1.54, 1.807) is 0 Å². The molecule has 1 rings (SSSR count). The minimum absolute atomic E-state index is 0.156. The van der Waals surface area contributed by atoms with Crippen LogP contribution in [-0.4, -0.2) is 9.83 Å². The Labute approximate surface area is 97.2 Å². The molecule has 1 atom stereocenters. The lowest BCUT2D eigenvalue weighted by atomic mass is 10.2. The summed E-state index contributed by atoms with van der Waals surface area (Å²) in [7, 11) is 0. The smallest absolute Gasteiger partial charge is 0.249 e. The molecule has 0 aliphatic rings. The van der Waals surface area contributed by atoms with E-state index in [0.29, 0.717) is 0 Å². The van der Waals surface area contributed by atoms with E-state index in [4.69, 9.17) is 6.42 Å². The zero-order valence-electron chi connectivity index (χ0n) is 7.75. The summed E-state index contributed by atoms with van der Waals surface area (Å²) in [6.07, 6.45) is 5.13. The molecule has 0 aliphatic heterocycles. The Morgan fingerprint density at radius 1 is 1.50 bits per heavy atom.